The van der Waals surface area contributed by atoms with Crippen molar-refractivity contribution < 1.29 is 14.3 Å². The third-order valence-corrected chi connectivity index (χ3v) is 4.81. The van der Waals surface area contributed by atoms with Gasteiger partial charge in [0.25, 0.3) is 5.91 Å². The van der Waals surface area contributed by atoms with Crippen LogP contribution in [0.25, 0.3) is 0 Å². The third kappa shape index (κ3) is 5.46. The van der Waals surface area contributed by atoms with Crippen molar-refractivity contribution in [1.29, 1.82) is 0 Å². The molecule has 26 heavy (non-hydrogen) atoms. The lowest BCUT2D eigenvalue weighted by Gasteiger charge is -2.36. The van der Waals surface area contributed by atoms with Gasteiger partial charge in [0.2, 0.25) is 5.91 Å². The molecule has 1 heterocycles. The summed E-state index contributed by atoms with van der Waals surface area (Å²) < 4.78 is 5.80. The van der Waals surface area contributed by atoms with Gasteiger partial charge in [-0.25, -0.2) is 0 Å². The second-order valence-corrected chi connectivity index (χ2v) is 6.74. The Labute approximate surface area is 156 Å². The van der Waals surface area contributed by atoms with Crippen LogP contribution < -0.4 is 4.74 Å². The molecule has 0 aromatic heterocycles. The minimum atomic E-state index is -0.513. The van der Waals surface area contributed by atoms with Gasteiger partial charge >= 0.3 is 0 Å². The van der Waals surface area contributed by atoms with Gasteiger partial charge in [-0.05, 0) is 45.4 Å². The molecule has 1 aromatic carbocycles. The molecule has 1 unspecified atom stereocenters. The van der Waals surface area contributed by atoms with E-state index in [0.29, 0.717) is 25.4 Å². The lowest BCUT2D eigenvalue weighted by atomic mass is 10.2. The van der Waals surface area contributed by atoms with Crippen molar-refractivity contribution in [2.75, 3.05) is 45.8 Å². The zero-order valence-corrected chi connectivity index (χ0v) is 16.4. The van der Waals surface area contributed by atoms with E-state index in [1.54, 1.807) is 6.92 Å². The molecule has 1 aromatic rings. The fourth-order valence-electron chi connectivity index (χ4n) is 3.19. The number of carbonyl (C=O) groups is 2. The zero-order chi connectivity index (χ0) is 19.1. The highest BCUT2D eigenvalue weighted by molar-refractivity contribution is 5.81. The highest BCUT2D eigenvalue weighted by atomic mass is 16.5. The van der Waals surface area contributed by atoms with E-state index in [0.717, 1.165) is 31.7 Å². The first-order chi connectivity index (χ1) is 12.4. The minimum Gasteiger partial charge on any atom is -0.481 e. The molecule has 6 heteroatoms. The highest BCUT2D eigenvalue weighted by Crippen LogP contribution is 2.15. The number of aryl methyl sites for hydroxylation is 1. The molecule has 2 amide bonds. The topological polar surface area (TPSA) is 53.1 Å². The number of hydrogen-bond donors (Lipinski definition) is 0. The Balaban J connectivity index is 1.81. The summed E-state index contributed by atoms with van der Waals surface area (Å²) in [5, 5.41) is 0. The van der Waals surface area contributed by atoms with Crippen LogP contribution in [0.2, 0.25) is 0 Å². The van der Waals surface area contributed by atoms with Gasteiger partial charge in [0.05, 0.1) is 6.54 Å². The van der Waals surface area contributed by atoms with Gasteiger partial charge in [-0.3, -0.25) is 14.5 Å². The molecule has 0 N–H and O–H groups in total. The number of piperazine rings is 1. The molecule has 0 saturated carbocycles. The Morgan fingerprint density at radius 1 is 1.15 bits per heavy atom. The van der Waals surface area contributed by atoms with Crippen molar-refractivity contribution in [3.8, 4) is 5.75 Å². The van der Waals surface area contributed by atoms with Gasteiger partial charge in [-0.15, -0.1) is 0 Å². The molecule has 1 fully saturated rings. The van der Waals surface area contributed by atoms with Gasteiger partial charge in [0.15, 0.2) is 6.10 Å². The summed E-state index contributed by atoms with van der Waals surface area (Å²) in [7, 11) is 0. The molecule has 1 saturated heterocycles. The maximum Gasteiger partial charge on any atom is 0.263 e. The maximum atomic E-state index is 12.6. The molecule has 6 nitrogen and oxygen atoms in total. The SMILES string of the molecule is CCN(CC)C(=O)CN1CCN(C(=O)C(C)Oc2cccc(C)c2)CC1. The number of rotatable bonds is 7. The molecule has 0 bridgehead atoms. The number of likely N-dealkylation sites (N-methyl/N-ethyl adjacent to an activating group) is 1. The van der Waals surface area contributed by atoms with Gasteiger partial charge in [-0.2, -0.15) is 0 Å². The first-order valence-electron chi connectivity index (χ1n) is 9.46. The van der Waals surface area contributed by atoms with E-state index >= 15 is 0 Å². The maximum absolute atomic E-state index is 12.6. The Morgan fingerprint density at radius 2 is 1.81 bits per heavy atom. The molecule has 2 rings (SSSR count). The number of ether oxygens (including phenoxy) is 1. The van der Waals surface area contributed by atoms with Crippen molar-refractivity contribution in [3.63, 3.8) is 0 Å². The van der Waals surface area contributed by atoms with E-state index in [2.05, 4.69) is 4.90 Å². The summed E-state index contributed by atoms with van der Waals surface area (Å²) in [6, 6.07) is 7.72. The van der Waals surface area contributed by atoms with Crippen molar-refractivity contribution in [3.05, 3.63) is 29.8 Å². The quantitative estimate of drug-likeness (QED) is 0.743. The number of nitrogens with zero attached hydrogens (tertiary/aromatic N) is 3. The zero-order valence-electron chi connectivity index (χ0n) is 16.4. The molecular formula is C20H31N3O3. The van der Waals surface area contributed by atoms with Crippen LogP contribution in [0.4, 0.5) is 0 Å². The predicted molar refractivity (Wildman–Crippen MR) is 102 cm³/mol. The second-order valence-electron chi connectivity index (χ2n) is 6.74. The Morgan fingerprint density at radius 3 is 2.38 bits per heavy atom. The Kier molecular flexibility index (Phi) is 7.45. The van der Waals surface area contributed by atoms with Crippen molar-refractivity contribution in [1.82, 2.24) is 14.7 Å². The van der Waals surface area contributed by atoms with Gasteiger partial charge in [0.1, 0.15) is 5.75 Å². The van der Waals surface area contributed by atoms with E-state index in [9.17, 15) is 9.59 Å². The lowest BCUT2D eigenvalue weighted by Crippen LogP contribution is -2.53. The third-order valence-electron chi connectivity index (χ3n) is 4.81. The van der Waals surface area contributed by atoms with Crippen LogP contribution >= 0.6 is 0 Å². The molecule has 0 spiro atoms. The molecule has 1 aliphatic rings. The van der Waals surface area contributed by atoms with Crippen LogP contribution in [0, 0.1) is 6.92 Å². The summed E-state index contributed by atoms with van der Waals surface area (Å²) in [6.45, 7) is 12.4. The van der Waals surface area contributed by atoms with Gasteiger partial charge < -0.3 is 14.5 Å². The fraction of sp³-hybridized carbons (Fsp3) is 0.600. The van der Waals surface area contributed by atoms with E-state index < -0.39 is 6.10 Å². The Hall–Kier alpha value is -2.08. The molecule has 0 radical (unpaired) electrons. The van der Waals surface area contributed by atoms with Crippen molar-refractivity contribution in [2.45, 2.75) is 33.8 Å². The number of carbonyl (C=O) groups excluding carboxylic acids is 2. The van der Waals surface area contributed by atoms with E-state index in [4.69, 9.17) is 4.74 Å². The summed E-state index contributed by atoms with van der Waals surface area (Å²) in [5.41, 5.74) is 1.11. The van der Waals surface area contributed by atoms with Crippen LogP contribution in [0.3, 0.4) is 0 Å². The van der Waals surface area contributed by atoms with Crippen LogP contribution in [0.15, 0.2) is 24.3 Å². The summed E-state index contributed by atoms with van der Waals surface area (Å²) >= 11 is 0. The monoisotopic (exact) mass is 361 g/mol. The molecule has 1 aliphatic heterocycles. The predicted octanol–water partition coefficient (Wildman–Crippen LogP) is 1.77. The smallest absolute Gasteiger partial charge is 0.263 e. The summed E-state index contributed by atoms with van der Waals surface area (Å²) in [5.74, 6) is 0.876. The molecule has 144 valence electrons. The largest absolute Gasteiger partial charge is 0.481 e. The lowest BCUT2D eigenvalue weighted by molar-refractivity contribution is -0.140. The van der Waals surface area contributed by atoms with Crippen LogP contribution in [-0.4, -0.2) is 78.4 Å². The van der Waals surface area contributed by atoms with E-state index in [-0.39, 0.29) is 11.8 Å². The van der Waals surface area contributed by atoms with Crippen LogP contribution in [-0.2, 0) is 9.59 Å². The first-order valence-corrected chi connectivity index (χ1v) is 9.46. The second kappa shape index (κ2) is 9.57. The first kappa shape index (κ1) is 20.2. The summed E-state index contributed by atoms with van der Waals surface area (Å²) in [6.07, 6.45) is -0.513. The van der Waals surface area contributed by atoms with Gasteiger partial charge in [0, 0.05) is 39.3 Å². The molecule has 1 atom stereocenters. The fourth-order valence-corrected chi connectivity index (χ4v) is 3.19. The van der Waals surface area contributed by atoms with E-state index in [1.165, 1.54) is 0 Å². The molecule has 0 aliphatic carbocycles. The molecular weight excluding hydrogens is 330 g/mol. The average Bonchev–Trinajstić information content (AvgIpc) is 2.62. The summed E-state index contributed by atoms with van der Waals surface area (Å²) in [4.78, 5) is 30.6. The highest BCUT2D eigenvalue weighted by Gasteiger charge is 2.27. The number of hydrogen-bond acceptors (Lipinski definition) is 4. The van der Waals surface area contributed by atoms with Crippen LogP contribution in [0.5, 0.6) is 5.75 Å². The average molecular weight is 361 g/mol. The standard InChI is InChI=1S/C20H31N3O3/c1-5-22(6-2)19(24)15-21-10-12-23(13-11-21)20(25)17(4)26-18-9-7-8-16(3)14-18/h7-9,14,17H,5-6,10-13,15H2,1-4H3. The Bertz CT molecular complexity index is 608. The van der Waals surface area contributed by atoms with Crippen molar-refractivity contribution >= 4 is 11.8 Å². The van der Waals surface area contributed by atoms with E-state index in [1.807, 2.05) is 54.8 Å². The van der Waals surface area contributed by atoms with Crippen molar-refractivity contribution in [2.24, 2.45) is 0 Å². The number of benzene rings is 1. The number of amides is 2. The van der Waals surface area contributed by atoms with Gasteiger partial charge in [-0.1, -0.05) is 12.1 Å². The van der Waals surface area contributed by atoms with Crippen LogP contribution in [0.1, 0.15) is 26.3 Å². The normalized spacial score (nSPS) is 16.2. The minimum absolute atomic E-state index is 0.00113.